The van der Waals surface area contributed by atoms with Crippen molar-refractivity contribution in [3.63, 3.8) is 0 Å². The van der Waals surface area contributed by atoms with Crippen molar-refractivity contribution in [3.8, 4) is 0 Å². The van der Waals surface area contributed by atoms with Crippen molar-refractivity contribution in [2.45, 2.75) is 25.7 Å². The van der Waals surface area contributed by atoms with Crippen molar-refractivity contribution in [2.24, 2.45) is 5.92 Å². The first-order valence-corrected chi connectivity index (χ1v) is 6.55. The molecule has 4 nitrogen and oxygen atoms in total. The lowest BCUT2D eigenvalue weighted by atomic mass is 9.94. The summed E-state index contributed by atoms with van der Waals surface area (Å²) in [6, 6.07) is 5.27. The molecule has 0 aromatic heterocycles. The molecule has 102 valence electrons. The van der Waals surface area contributed by atoms with Crippen LogP contribution >= 0.6 is 11.6 Å². The number of esters is 1. The normalized spacial score (nSPS) is 15.7. The van der Waals surface area contributed by atoms with Crippen molar-refractivity contribution in [3.05, 3.63) is 28.8 Å². The molecule has 1 aliphatic carbocycles. The van der Waals surface area contributed by atoms with E-state index in [9.17, 15) is 9.59 Å². The molecule has 1 aromatic carbocycles. The summed E-state index contributed by atoms with van der Waals surface area (Å²) >= 11 is 6.12. The number of hydrogen-bond donors (Lipinski definition) is 1. The van der Waals surface area contributed by atoms with Crippen LogP contribution < -0.4 is 5.32 Å². The largest absolute Gasteiger partial charge is 0.469 e. The number of rotatable bonds is 4. The lowest BCUT2D eigenvalue weighted by Gasteiger charge is -2.15. The van der Waals surface area contributed by atoms with E-state index in [0.29, 0.717) is 16.6 Å². The van der Waals surface area contributed by atoms with Crippen molar-refractivity contribution >= 4 is 29.2 Å². The second-order valence-corrected chi connectivity index (χ2v) is 5.17. The zero-order valence-corrected chi connectivity index (χ0v) is 11.7. The molecule has 0 heterocycles. The average Bonchev–Trinajstić information content (AvgIpc) is 3.16. The minimum Gasteiger partial charge on any atom is -0.469 e. The highest BCUT2D eigenvalue weighted by Gasteiger charge is 2.38. The van der Waals surface area contributed by atoms with Crippen LogP contribution in [0.2, 0.25) is 5.02 Å². The van der Waals surface area contributed by atoms with Gasteiger partial charge in [0.15, 0.2) is 0 Å². The van der Waals surface area contributed by atoms with Crippen molar-refractivity contribution in [1.82, 2.24) is 0 Å². The number of hydrogen-bond acceptors (Lipinski definition) is 3. The number of anilines is 1. The highest BCUT2D eigenvalue weighted by molar-refractivity contribution is 6.33. The van der Waals surface area contributed by atoms with Gasteiger partial charge in [-0.3, -0.25) is 9.59 Å². The van der Waals surface area contributed by atoms with Crippen LogP contribution in [-0.4, -0.2) is 19.0 Å². The molecular weight excluding hydrogens is 266 g/mol. The van der Waals surface area contributed by atoms with Gasteiger partial charge < -0.3 is 10.1 Å². The third kappa shape index (κ3) is 3.26. The molecule has 0 radical (unpaired) electrons. The van der Waals surface area contributed by atoms with Crippen LogP contribution in [0.4, 0.5) is 5.69 Å². The zero-order valence-electron chi connectivity index (χ0n) is 10.9. The van der Waals surface area contributed by atoms with Gasteiger partial charge in [0.2, 0.25) is 5.91 Å². The molecule has 1 fully saturated rings. The summed E-state index contributed by atoms with van der Waals surface area (Å²) in [6.07, 6.45) is 2.07. The van der Waals surface area contributed by atoms with Crippen molar-refractivity contribution in [1.29, 1.82) is 0 Å². The number of amides is 1. The van der Waals surface area contributed by atoms with Crippen LogP contribution in [0.3, 0.4) is 0 Å². The van der Waals surface area contributed by atoms with Gasteiger partial charge >= 0.3 is 5.97 Å². The molecule has 0 saturated heterocycles. The number of nitrogens with one attached hydrogen (secondary N) is 1. The molecule has 19 heavy (non-hydrogen) atoms. The summed E-state index contributed by atoms with van der Waals surface area (Å²) in [5.41, 5.74) is 1.39. The van der Waals surface area contributed by atoms with E-state index >= 15 is 0 Å². The molecule has 2 rings (SSSR count). The van der Waals surface area contributed by atoms with Crippen LogP contribution in [0.5, 0.6) is 0 Å². The molecule has 0 aliphatic heterocycles. The molecule has 1 amide bonds. The molecule has 1 atom stereocenters. The summed E-state index contributed by atoms with van der Waals surface area (Å²) < 4.78 is 4.85. The SMILES string of the molecule is COC(=O)C(c1ccc(NC(C)=O)c(Cl)c1)C1CC1. The Morgan fingerprint density at radius 1 is 1.42 bits per heavy atom. The van der Waals surface area contributed by atoms with E-state index in [4.69, 9.17) is 16.3 Å². The highest BCUT2D eigenvalue weighted by atomic mass is 35.5. The minimum atomic E-state index is -0.256. The Labute approximate surface area is 117 Å². The van der Waals surface area contributed by atoms with Gasteiger partial charge in [-0.25, -0.2) is 0 Å². The second kappa shape index (κ2) is 5.61. The van der Waals surface area contributed by atoms with E-state index in [1.54, 1.807) is 12.1 Å². The summed E-state index contributed by atoms with van der Waals surface area (Å²) in [4.78, 5) is 22.8. The highest BCUT2D eigenvalue weighted by Crippen LogP contribution is 2.44. The molecule has 0 spiro atoms. The molecule has 1 saturated carbocycles. The topological polar surface area (TPSA) is 55.4 Å². The monoisotopic (exact) mass is 281 g/mol. The summed E-state index contributed by atoms with van der Waals surface area (Å²) in [5, 5.41) is 3.07. The van der Waals surface area contributed by atoms with Gasteiger partial charge in [0.05, 0.1) is 23.7 Å². The standard InChI is InChI=1S/C14H16ClNO3/c1-8(17)16-12-6-5-10(7-11(12)15)13(9-3-4-9)14(18)19-2/h5-7,9,13H,3-4H2,1-2H3,(H,16,17). The van der Waals surface area contributed by atoms with Gasteiger partial charge in [-0.05, 0) is 36.5 Å². The minimum absolute atomic E-state index is 0.179. The first-order valence-electron chi connectivity index (χ1n) is 6.17. The molecule has 5 heteroatoms. The van der Waals surface area contributed by atoms with Crippen LogP contribution in [-0.2, 0) is 14.3 Å². The maximum Gasteiger partial charge on any atom is 0.313 e. The Kier molecular flexibility index (Phi) is 4.10. The zero-order chi connectivity index (χ0) is 14.0. The summed E-state index contributed by atoms with van der Waals surface area (Å²) in [5.74, 6) is -0.323. The fourth-order valence-corrected chi connectivity index (χ4v) is 2.41. The van der Waals surface area contributed by atoms with Gasteiger partial charge in [0, 0.05) is 6.92 Å². The van der Waals surface area contributed by atoms with Crippen molar-refractivity contribution in [2.75, 3.05) is 12.4 Å². The number of halogens is 1. The van der Waals surface area contributed by atoms with E-state index in [1.807, 2.05) is 6.07 Å². The van der Waals surface area contributed by atoms with Crippen LogP contribution in [0.15, 0.2) is 18.2 Å². The number of carbonyl (C=O) groups excluding carboxylic acids is 2. The molecule has 1 aromatic rings. The fourth-order valence-electron chi connectivity index (χ4n) is 2.17. The van der Waals surface area contributed by atoms with Gasteiger partial charge in [0.25, 0.3) is 0 Å². The van der Waals surface area contributed by atoms with E-state index in [0.717, 1.165) is 18.4 Å². The predicted octanol–water partition coefficient (Wildman–Crippen LogP) is 2.97. The molecular formula is C14H16ClNO3. The molecule has 0 bridgehead atoms. The van der Waals surface area contributed by atoms with E-state index in [2.05, 4.69) is 5.32 Å². The third-order valence-corrected chi connectivity index (χ3v) is 3.52. The third-order valence-electron chi connectivity index (χ3n) is 3.21. The maximum absolute atomic E-state index is 11.8. The van der Waals surface area contributed by atoms with Crippen LogP contribution in [0, 0.1) is 5.92 Å². The molecule has 1 unspecified atom stereocenters. The first kappa shape index (κ1) is 13.9. The van der Waals surface area contributed by atoms with E-state index in [1.165, 1.54) is 14.0 Å². The number of methoxy groups -OCH3 is 1. The van der Waals surface area contributed by atoms with Gasteiger partial charge in [-0.2, -0.15) is 0 Å². The number of ether oxygens (including phenoxy) is 1. The maximum atomic E-state index is 11.8. The van der Waals surface area contributed by atoms with Crippen molar-refractivity contribution < 1.29 is 14.3 Å². The van der Waals surface area contributed by atoms with Gasteiger partial charge in [-0.15, -0.1) is 0 Å². The summed E-state index contributed by atoms with van der Waals surface area (Å²) in [7, 11) is 1.39. The molecule has 1 N–H and O–H groups in total. The first-order chi connectivity index (χ1) is 9.02. The van der Waals surface area contributed by atoms with Gasteiger partial charge in [0.1, 0.15) is 0 Å². The average molecular weight is 282 g/mol. The van der Waals surface area contributed by atoms with Gasteiger partial charge in [-0.1, -0.05) is 17.7 Å². The second-order valence-electron chi connectivity index (χ2n) is 4.76. The Morgan fingerprint density at radius 3 is 2.58 bits per heavy atom. The predicted molar refractivity (Wildman–Crippen MR) is 73.2 cm³/mol. The Hall–Kier alpha value is -1.55. The summed E-state index contributed by atoms with van der Waals surface area (Å²) in [6.45, 7) is 1.42. The van der Waals surface area contributed by atoms with E-state index in [-0.39, 0.29) is 17.8 Å². The Bertz CT molecular complexity index is 511. The van der Waals surface area contributed by atoms with Crippen LogP contribution in [0.1, 0.15) is 31.2 Å². The fraction of sp³-hybridized carbons (Fsp3) is 0.429. The smallest absolute Gasteiger partial charge is 0.313 e. The number of carbonyl (C=O) groups is 2. The Morgan fingerprint density at radius 2 is 2.11 bits per heavy atom. The lowest BCUT2D eigenvalue weighted by molar-refractivity contribution is -0.143. The van der Waals surface area contributed by atoms with Crippen LogP contribution in [0.25, 0.3) is 0 Å². The lowest BCUT2D eigenvalue weighted by Crippen LogP contribution is -2.16. The number of benzene rings is 1. The Balaban J connectivity index is 2.26. The molecule has 1 aliphatic rings. The quantitative estimate of drug-likeness (QED) is 0.863. The van der Waals surface area contributed by atoms with E-state index < -0.39 is 0 Å².